The predicted molar refractivity (Wildman–Crippen MR) is 105 cm³/mol. The quantitative estimate of drug-likeness (QED) is 0.668. The number of methoxy groups -OCH3 is 1. The highest BCUT2D eigenvalue weighted by atomic mass is 35.5. The molecule has 2 aromatic rings. The van der Waals surface area contributed by atoms with Gasteiger partial charge in [-0.25, -0.2) is 0 Å². The molecule has 0 aromatic heterocycles. The summed E-state index contributed by atoms with van der Waals surface area (Å²) in [6.45, 7) is 1.02. The van der Waals surface area contributed by atoms with Gasteiger partial charge in [0, 0.05) is 31.7 Å². The molecule has 0 fully saturated rings. The van der Waals surface area contributed by atoms with Crippen LogP contribution in [-0.2, 0) is 15.3 Å². The van der Waals surface area contributed by atoms with Crippen LogP contribution in [0.2, 0.25) is 0 Å². The predicted octanol–water partition coefficient (Wildman–Crippen LogP) is 2.97. The van der Waals surface area contributed by atoms with Crippen LogP contribution in [0.1, 0.15) is 12.0 Å². The summed E-state index contributed by atoms with van der Waals surface area (Å²) in [5, 5.41) is 5.48. The van der Waals surface area contributed by atoms with E-state index in [2.05, 4.69) is 47.8 Å². The highest BCUT2D eigenvalue weighted by molar-refractivity contribution is 7.98. The molecule has 1 unspecified atom stereocenters. The summed E-state index contributed by atoms with van der Waals surface area (Å²) in [6, 6.07) is 14.8. The number of thioether (sulfide) groups is 1. The Bertz CT molecular complexity index is 630. The lowest BCUT2D eigenvalue weighted by Gasteiger charge is -2.12. The number of halogens is 1. The van der Waals surface area contributed by atoms with E-state index in [1.54, 1.807) is 7.11 Å². The molecule has 0 spiro atoms. The summed E-state index contributed by atoms with van der Waals surface area (Å²) in [6.07, 6.45) is 0.124. The van der Waals surface area contributed by atoms with Crippen molar-refractivity contribution in [2.75, 3.05) is 26.0 Å². The molecule has 0 saturated heterocycles. The van der Waals surface area contributed by atoms with Crippen molar-refractivity contribution >= 4 is 40.8 Å². The molecule has 0 radical (unpaired) electrons. The molecular formula is C18H25ClN2O2S. The Kier molecular flexibility index (Phi) is 9.79. The minimum Gasteiger partial charge on any atom is -0.380 e. The van der Waals surface area contributed by atoms with Crippen LogP contribution in [0, 0.1) is 0 Å². The summed E-state index contributed by atoms with van der Waals surface area (Å²) in [5.41, 5.74) is 6.84. The van der Waals surface area contributed by atoms with Crippen LogP contribution in [0.3, 0.4) is 0 Å². The van der Waals surface area contributed by atoms with E-state index < -0.39 is 0 Å². The third-order valence-corrected chi connectivity index (χ3v) is 4.72. The molecule has 0 saturated carbocycles. The van der Waals surface area contributed by atoms with Gasteiger partial charge >= 0.3 is 0 Å². The number of ether oxygens (including phenoxy) is 1. The van der Waals surface area contributed by atoms with Gasteiger partial charge in [0.1, 0.15) is 0 Å². The Morgan fingerprint density at radius 2 is 2.00 bits per heavy atom. The maximum Gasteiger partial charge on any atom is 0.222 e. The van der Waals surface area contributed by atoms with Crippen molar-refractivity contribution in [2.24, 2.45) is 5.73 Å². The summed E-state index contributed by atoms with van der Waals surface area (Å²) < 4.78 is 5.11. The number of amides is 1. The average molecular weight is 369 g/mol. The van der Waals surface area contributed by atoms with E-state index in [1.807, 2.05) is 11.8 Å². The normalized spacial score (nSPS) is 11.8. The number of nitrogens with two attached hydrogens (primary N) is 1. The number of rotatable bonds is 9. The summed E-state index contributed by atoms with van der Waals surface area (Å²) in [4.78, 5) is 11.7. The zero-order valence-electron chi connectivity index (χ0n) is 13.9. The summed E-state index contributed by atoms with van der Waals surface area (Å²) in [7, 11) is 1.57. The largest absolute Gasteiger partial charge is 0.380 e. The molecule has 1 amide bonds. The van der Waals surface area contributed by atoms with Gasteiger partial charge in [-0.05, 0) is 16.3 Å². The lowest BCUT2D eigenvalue weighted by atomic mass is 10.1. The fraction of sp³-hybridized carbons (Fsp3) is 0.389. The molecule has 6 heteroatoms. The lowest BCUT2D eigenvalue weighted by Crippen LogP contribution is -2.33. The van der Waals surface area contributed by atoms with Crippen LogP contribution >= 0.6 is 24.2 Å². The van der Waals surface area contributed by atoms with Crippen molar-refractivity contribution in [1.29, 1.82) is 0 Å². The molecule has 2 rings (SSSR count). The van der Waals surface area contributed by atoms with Gasteiger partial charge in [0.05, 0.1) is 12.5 Å². The van der Waals surface area contributed by atoms with Gasteiger partial charge in [-0.1, -0.05) is 42.5 Å². The van der Waals surface area contributed by atoms with E-state index in [4.69, 9.17) is 10.5 Å². The smallest absolute Gasteiger partial charge is 0.222 e. The molecule has 2 aromatic carbocycles. The maximum absolute atomic E-state index is 11.7. The van der Waals surface area contributed by atoms with Crippen molar-refractivity contribution in [2.45, 2.75) is 18.3 Å². The van der Waals surface area contributed by atoms with Gasteiger partial charge in [-0.2, -0.15) is 11.8 Å². The zero-order chi connectivity index (χ0) is 16.5. The standard InChI is InChI=1S/C18H24N2O2S.ClH/c1-22-16(12-19)11-18(21)20-9-10-23-13-15-7-4-6-14-5-2-3-8-17(14)15;/h2-8,16H,9-13,19H2,1H3,(H,20,21);1H. The van der Waals surface area contributed by atoms with Gasteiger partial charge in [0.25, 0.3) is 0 Å². The van der Waals surface area contributed by atoms with Crippen molar-refractivity contribution < 1.29 is 9.53 Å². The van der Waals surface area contributed by atoms with Crippen LogP contribution in [-0.4, -0.2) is 38.0 Å². The van der Waals surface area contributed by atoms with Gasteiger partial charge < -0.3 is 15.8 Å². The monoisotopic (exact) mass is 368 g/mol. The third-order valence-electron chi connectivity index (χ3n) is 3.72. The molecule has 3 N–H and O–H groups in total. The first-order valence-corrected chi connectivity index (χ1v) is 8.94. The minimum absolute atomic E-state index is 0. The van der Waals surface area contributed by atoms with E-state index >= 15 is 0 Å². The molecular weight excluding hydrogens is 344 g/mol. The third kappa shape index (κ3) is 6.32. The molecule has 0 aliphatic rings. The molecule has 0 bridgehead atoms. The molecule has 24 heavy (non-hydrogen) atoms. The van der Waals surface area contributed by atoms with Gasteiger partial charge in [-0.15, -0.1) is 12.4 Å². The number of nitrogens with one attached hydrogen (secondary N) is 1. The highest BCUT2D eigenvalue weighted by Gasteiger charge is 2.10. The van der Waals surface area contributed by atoms with Crippen molar-refractivity contribution in [3.05, 3.63) is 48.0 Å². The number of hydrogen-bond donors (Lipinski definition) is 2. The van der Waals surface area contributed by atoms with Crippen LogP contribution < -0.4 is 11.1 Å². The van der Waals surface area contributed by atoms with Crippen LogP contribution in [0.15, 0.2) is 42.5 Å². The molecule has 0 aliphatic heterocycles. The molecule has 4 nitrogen and oxygen atoms in total. The molecule has 0 aliphatic carbocycles. The first-order valence-electron chi connectivity index (χ1n) is 7.78. The Hall–Kier alpha value is -1.27. The molecule has 132 valence electrons. The number of carbonyl (C=O) groups excluding carboxylic acids is 1. The first-order chi connectivity index (χ1) is 11.2. The number of hydrogen-bond acceptors (Lipinski definition) is 4. The maximum atomic E-state index is 11.7. The van der Waals surface area contributed by atoms with Crippen LogP contribution in [0.5, 0.6) is 0 Å². The first kappa shape index (κ1) is 20.8. The Labute approximate surface area is 153 Å². The van der Waals surface area contributed by atoms with Gasteiger partial charge in [-0.3, -0.25) is 4.79 Å². The summed E-state index contributed by atoms with van der Waals surface area (Å²) in [5.74, 6) is 1.82. The number of benzene rings is 2. The Morgan fingerprint density at radius 1 is 1.25 bits per heavy atom. The van der Waals surface area contributed by atoms with E-state index in [9.17, 15) is 4.79 Å². The van der Waals surface area contributed by atoms with Crippen LogP contribution in [0.25, 0.3) is 10.8 Å². The zero-order valence-corrected chi connectivity index (χ0v) is 15.5. The van der Waals surface area contributed by atoms with Crippen molar-refractivity contribution in [1.82, 2.24) is 5.32 Å². The second kappa shape index (κ2) is 11.3. The number of fused-ring (bicyclic) bond motifs is 1. The SMILES string of the molecule is COC(CN)CC(=O)NCCSCc1cccc2ccccc12.Cl. The van der Waals surface area contributed by atoms with E-state index in [-0.39, 0.29) is 24.4 Å². The van der Waals surface area contributed by atoms with Gasteiger partial charge in [0.2, 0.25) is 5.91 Å². The lowest BCUT2D eigenvalue weighted by molar-refractivity contribution is -0.123. The molecule has 0 heterocycles. The number of carbonyl (C=O) groups is 1. The Morgan fingerprint density at radius 3 is 2.75 bits per heavy atom. The van der Waals surface area contributed by atoms with Gasteiger partial charge in [0.15, 0.2) is 0 Å². The van der Waals surface area contributed by atoms with Crippen molar-refractivity contribution in [3.8, 4) is 0 Å². The van der Waals surface area contributed by atoms with E-state index in [0.717, 1.165) is 11.5 Å². The highest BCUT2D eigenvalue weighted by Crippen LogP contribution is 2.22. The Balaban J connectivity index is 0.00000288. The second-order valence-electron chi connectivity index (χ2n) is 5.34. The van der Waals surface area contributed by atoms with E-state index in [1.165, 1.54) is 16.3 Å². The second-order valence-corrected chi connectivity index (χ2v) is 6.44. The van der Waals surface area contributed by atoms with Crippen molar-refractivity contribution in [3.63, 3.8) is 0 Å². The topological polar surface area (TPSA) is 64.3 Å². The van der Waals surface area contributed by atoms with E-state index in [0.29, 0.717) is 19.5 Å². The minimum atomic E-state index is -0.196. The van der Waals surface area contributed by atoms with Crippen LogP contribution in [0.4, 0.5) is 0 Å². The average Bonchev–Trinajstić information content (AvgIpc) is 2.59. The summed E-state index contributed by atoms with van der Waals surface area (Å²) >= 11 is 1.82. The fourth-order valence-electron chi connectivity index (χ4n) is 2.40. The fourth-order valence-corrected chi connectivity index (χ4v) is 3.27. The molecule has 1 atom stereocenters.